The third-order valence-electron chi connectivity index (χ3n) is 0.648. The maximum absolute atomic E-state index is 10.1. The standard InChI is InChI=1S/C3H4N4O.W/c4-3(8)2-1-5-7-6-2;/h1H,(H3,4,5,6,7,8);/p-1. The Bertz CT molecular complexity index is 184. The number of carbonyl (C=O) groups excluding carboxylic acids is 1. The molecule has 48 valence electrons. The van der Waals surface area contributed by atoms with Gasteiger partial charge in [-0.3, -0.25) is 0 Å². The molecule has 0 saturated carbocycles. The van der Waals surface area contributed by atoms with E-state index in [1.165, 1.54) is 6.20 Å². The van der Waals surface area contributed by atoms with Gasteiger partial charge < -0.3 is 10.5 Å². The first-order valence-corrected chi connectivity index (χ1v) is 1.92. The predicted octanol–water partition coefficient (Wildman–Crippen LogP) is -0.00540. The third-order valence-corrected chi connectivity index (χ3v) is 0.648. The zero-order valence-electron chi connectivity index (χ0n) is 4.29. The monoisotopic (exact) mass is 295 g/mol. The number of aromatic amines is 1. The van der Waals surface area contributed by atoms with E-state index < -0.39 is 5.91 Å². The Morgan fingerprint density at radius 2 is 2.44 bits per heavy atom. The zero-order chi connectivity index (χ0) is 5.98. The fraction of sp³-hybridized carbons (Fsp3) is 0. The molecular formula is C3H3N4OW-. The van der Waals surface area contributed by atoms with Gasteiger partial charge >= 0.3 is 0 Å². The Morgan fingerprint density at radius 1 is 1.78 bits per heavy atom. The molecule has 0 aliphatic carbocycles. The maximum atomic E-state index is 10.1. The molecule has 1 aromatic heterocycles. The average Bonchev–Trinajstić information content (AvgIpc) is 2.12. The summed E-state index contributed by atoms with van der Waals surface area (Å²) in [5, 5.41) is 8.88. The van der Waals surface area contributed by atoms with Crippen LogP contribution in [0.3, 0.4) is 0 Å². The van der Waals surface area contributed by atoms with Gasteiger partial charge in [-0.05, 0) is 0 Å². The van der Waals surface area contributed by atoms with Crippen LogP contribution >= 0.6 is 0 Å². The number of hydrogen-bond donors (Lipinski definition) is 1. The summed E-state index contributed by atoms with van der Waals surface area (Å²) >= 11 is 0. The minimum atomic E-state index is -0.821. The minimum absolute atomic E-state index is 0. The largest absolute Gasteiger partial charge is 0.662 e. The van der Waals surface area contributed by atoms with Crippen LogP contribution < -0.4 is 0 Å². The molecule has 0 aromatic carbocycles. The molecule has 0 saturated heterocycles. The molecule has 5 nitrogen and oxygen atoms in total. The number of rotatable bonds is 1. The van der Waals surface area contributed by atoms with Gasteiger partial charge in [0.1, 0.15) is 11.6 Å². The van der Waals surface area contributed by atoms with Crippen LogP contribution in [-0.2, 0) is 21.1 Å². The van der Waals surface area contributed by atoms with Gasteiger partial charge in [0.25, 0.3) is 0 Å². The average molecular weight is 295 g/mol. The summed E-state index contributed by atoms with van der Waals surface area (Å²) in [5.41, 5.74) is 6.52. The van der Waals surface area contributed by atoms with Crippen molar-refractivity contribution in [2.24, 2.45) is 0 Å². The summed E-state index contributed by atoms with van der Waals surface area (Å²) in [4.78, 5) is 10.1. The first-order valence-electron chi connectivity index (χ1n) is 1.92. The molecule has 1 amide bonds. The zero-order valence-corrected chi connectivity index (χ0v) is 7.22. The van der Waals surface area contributed by atoms with Crippen molar-refractivity contribution >= 4 is 5.91 Å². The number of aromatic nitrogens is 3. The molecule has 0 fully saturated rings. The first-order chi connectivity index (χ1) is 3.80. The molecule has 0 unspecified atom stereocenters. The van der Waals surface area contributed by atoms with E-state index in [-0.39, 0.29) is 26.8 Å². The van der Waals surface area contributed by atoms with Crippen LogP contribution in [0.25, 0.3) is 5.73 Å². The topological polar surface area (TPSA) is 82.4 Å². The van der Waals surface area contributed by atoms with E-state index in [9.17, 15) is 4.79 Å². The van der Waals surface area contributed by atoms with Crippen LogP contribution in [0.5, 0.6) is 0 Å². The van der Waals surface area contributed by atoms with Gasteiger partial charge in [-0.15, -0.1) is 0 Å². The summed E-state index contributed by atoms with van der Waals surface area (Å²) in [6.07, 6.45) is 1.20. The number of carbonyl (C=O) groups is 1. The van der Waals surface area contributed by atoms with Crippen LogP contribution in [0.4, 0.5) is 0 Å². The predicted molar refractivity (Wildman–Crippen MR) is 25.0 cm³/mol. The van der Waals surface area contributed by atoms with Crippen molar-refractivity contribution in [3.63, 3.8) is 0 Å². The molecule has 0 spiro atoms. The second-order valence-corrected chi connectivity index (χ2v) is 1.18. The van der Waals surface area contributed by atoms with Crippen molar-refractivity contribution in [3.8, 4) is 0 Å². The summed E-state index contributed by atoms with van der Waals surface area (Å²) in [7, 11) is 0. The molecule has 2 N–H and O–H groups in total. The van der Waals surface area contributed by atoms with Gasteiger partial charge in [0.2, 0.25) is 0 Å². The fourth-order valence-electron chi connectivity index (χ4n) is 0.311. The van der Waals surface area contributed by atoms with E-state index in [2.05, 4.69) is 15.4 Å². The van der Waals surface area contributed by atoms with Gasteiger partial charge in [0.15, 0.2) is 0 Å². The van der Waals surface area contributed by atoms with Crippen LogP contribution in [-0.4, -0.2) is 21.3 Å². The SMILES string of the molecule is [NH-]C(=O)c1cn[nH]n1.[W]. The molecule has 0 aliphatic rings. The van der Waals surface area contributed by atoms with Crippen molar-refractivity contribution in [1.29, 1.82) is 0 Å². The summed E-state index contributed by atoms with van der Waals surface area (Å²) < 4.78 is 0. The summed E-state index contributed by atoms with van der Waals surface area (Å²) in [6.45, 7) is 0. The van der Waals surface area contributed by atoms with Gasteiger partial charge in [0.05, 0.1) is 6.20 Å². The van der Waals surface area contributed by atoms with Gasteiger partial charge in [-0.25, -0.2) is 0 Å². The van der Waals surface area contributed by atoms with Crippen LogP contribution in [0.15, 0.2) is 6.20 Å². The van der Waals surface area contributed by atoms with E-state index in [4.69, 9.17) is 5.73 Å². The number of nitrogens with zero attached hydrogens (tertiary/aromatic N) is 2. The van der Waals surface area contributed by atoms with Crippen molar-refractivity contribution in [2.45, 2.75) is 0 Å². The Morgan fingerprint density at radius 3 is 2.67 bits per heavy atom. The Hall–Kier alpha value is -0.702. The number of hydrogen-bond acceptors (Lipinski definition) is 3. The van der Waals surface area contributed by atoms with Crippen molar-refractivity contribution in [1.82, 2.24) is 15.4 Å². The van der Waals surface area contributed by atoms with Crippen molar-refractivity contribution in [2.75, 3.05) is 0 Å². The van der Waals surface area contributed by atoms with Gasteiger partial charge in [-0.2, -0.15) is 15.4 Å². The van der Waals surface area contributed by atoms with E-state index in [1.54, 1.807) is 0 Å². The number of H-pyrrole nitrogens is 1. The van der Waals surface area contributed by atoms with E-state index in [1.807, 2.05) is 0 Å². The van der Waals surface area contributed by atoms with Crippen LogP contribution in [0, 0.1) is 0 Å². The van der Waals surface area contributed by atoms with Crippen LogP contribution in [0.1, 0.15) is 10.5 Å². The van der Waals surface area contributed by atoms with Crippen molar-refractivity contribution < 1.29 is 25.9 Å². The maximum Gasteiger partial charge on any atom is 0.130 e. The summed E-state index contributed by atoms with van der Waals surface area (Å²) in [6, 6.07) is 0. The van der Waals surface area contributed by atoms with E-state index >= 15 is 0 Å². The number of nitrogens with one attached hydrogen (secondary N) is 2. The minimum Gasteiger partial charge on any atom is -0.662 e. The second kappa shape index (κ2) is 3.35. The second-order valence-electron chi connectivity index (χ2n) is 1.18. The Kier molecular flexibility index (Phi) is 3.09. The molecule has 0 atom stereocenters. The fourth-order valence-corrected chi connectivity index (χ4v) is 0.311. The smallest absolute Gasteiger partial charge is 0.130 e. The molecule has 0 bridgehead atoms. The van der Waals surface area contributed by atoms with Gasteiger partial charge in [0, 0.05) is 21.1 Å². The normalized spacial score (nSPS) is 8.00. The molecule has 1 rings (SSSR count). The summed E-state index contributed by atoms with van der Waals surface area (Å²) in [5.74, 6) is -0.821. The molecule has 6 heteroatoms. The third kappa shape index (κ3) is 1.93. The van der Waals surface area contributed by atoms with E-state index in [0.29, 0.717) is 0 Å². The van der Waals surface area contributed by atoms with E-state index in [0.717, 1.165) is 0 Å². The quantitative estimate of drug-likeness (QED) is 0.791. The Labute approximate surface area is 65.3 Å². The molecule has 1 aromatic rings. The molecule has 0 aliphatic heterocycles. The molecule has 0 radical (unpaired) electrons. The van der Waals surface area contributed by atoms with Crippen LogP contribution in [0.2, 0.25) is 0 Å². The Balaban J connectivity index is 0.000000640. The number of amides is 1. The first kappa shape index (κ1) is 8.30. The molecule has 9 heavy (non-hydrogen) atoms. The van der Waals surface area contributed by atoms with Gasteiger partial charge in [-0.1, -0.05) is 0 Å². The molecular weight excluding hydrogens is 292 g/mol. The molecule has 1 heterocycles. The van der Waals surface area contributed by atoms with Crippen molar-refractivity contribution in [3.05, 3.63) is 17.6 Å².